The molecule has 1 saturated heterocycles. The van der Waals surface area contributed by atoms with E-state index in [1.807, 2.05) is 32.0 Å². The first-order chi connectivity index (χ1) is 16.4. The molecule has 2 aliphatic rings. The highest BCUT2D eigenvalue weighted by Gasteiger charge is 2.22. The smallest absolute Gasteiger partial charge is 0.238 e. The van der Waals surface area contributed by atoms with Crippen molar-refractivity contribution in [1.82, 2.24) is 15.1 Å². The number of nitrogens with zero attached hydrogens (tertiary/aromatic N) is 2. The van der Waals surface area contributed by atoms with Gasteiger partial charge in [0.05, 0.1) is 19.1 Å². The lowest BCUT2D eigenvalue weighted by molar-refractivity contribution is -0.124. The second-order valence-electron chi connectivity index (χ2n) is 9.89. The van der Waals surface area contributed by atoms with Crippen LogP contribution in [0.3, 0.4) is 0 Å². The lowest BCUT2D eigenvalue weighted by atomic mass is 9.89. The van der Waals surface area contributed by atoms with Gasteiger partial charge in [-0.1, -0.05) is 36.4 Å². The number of anilines is 1. The maximum Gasteiger partial charge on any atom is 0.238 e. The number of amides is 2. The predicted octanol–water partition coefficient (Wildman–Crippen LogP) is 3.62. The van der Waals surface area contributed by atoms with Crippen LogP contribution in [0.1, 0.15) is 53.6 Å². The first-order valence-electron chi connectivity index (χ1n) is 12.6. The van der Waals surface area contributed by atoms with Crippen molar-refractivity contribution in [2.45, 2.75) is 52.5 Å². The minimum absolute atomic E-state index is 0.00890. The Morgan fingerprint density at radius 2 is 1.44 bits per heavy atom. The average Bonchev–Trinajstić information content (AvgIpc) is 2.82. The summed E-state index contributed by atoms with van der Waals surface area (Å²) in [5, 5.41) is 6.24. The third-order valence-corrected chi connectivity index (χ3v) is 7.19. The molecule has 0 radical (unpaired) electrons. The van der Waals surface area contributed by atoms with Crippen molar-refractivity contribution in [3.05, 3.63) is 64.2 Å². The molecular formula is C28H38N4O2. The zero-order chi connectivity index (χ0) is 24.1. The second kappa shape index (κ2) is 11.2. The number of nitrogens with one attached hydrogen (secondary N) is 2. The van der Waals surface area contributed by atoms with Gasteiger partial charge in [-0.15, -0.1) is 0 Å². The Balaban J connectivity index is 1.20. The van der Waals surface area contributed by atoms with Gasteiger partial charge >= 0.3 is 0 Å². The van der Waals surface area contributed by atoms with E-state index in [9.17, 15) is 9.59 Å². The molecule has 2 N–H and O–H groups in total. The summed E-state index contributed by atoms with van der Waals surface area (Å²) >= 11 is 0. The van der Waals surface area contributed by atoms with Crippen LogP contribution in [0, 0.1) is 13.8 Å². The van der Waals surface area contributed by atoms with E-state index in [0.717, 1.165) is 49.4 Å². The molecule has 2 aromatic carbocycles. The van der Waals surface area contributed by atoms with Crippen molar-refractivity contribution < 1.29 is 9.59 Å². The van der Waals surface area contributed by atoms with Crippen LogP contribution in [0.15, 0.2) is 36.4 Å². The maximum absolute atomic E-state index is 12.7. The van der Waals surface area contributed by atoms with Crippen LogP contribution >= 0.6 is 0 Å². The maximum atomic E-state index is 12.7. The number of hydrogen-bond acceptors (Lipinski definition) is 4. The number of carbonyl (C=O) groups is 2. The average molecular weight is 463 g/mol. The molecule has 0 spiro atoms. The monoisotopic (exact) mass is 462 g/mol. The minimum Gasteiger partial charge on any atom is -0.348 e. The summed E-state index contributed by atoms with van der Waals surface area (Å²) in [6.07, 6.45) is 4.87. The first-order valence-corrected chi connectivity index (χ1v) is 12.6. The van der Waals surface area contributed by atoms with Crippen LogP contribution in [0.5, 0.6) is 0 Å². The van der Waals surface area contributed by atoms with Crippen LogP contribution in [-0.2, 0) is 22.4 Å². The van der Waals surface area contributed by atoms with Crippen molar-refractivity contribution in [2.75, 3.05) is 44.6 Å². The second-order valence-corrected chi connectivity index (χ2v) is 9.89. The quantitative estimate of drug-likeness (QED) is 0.660. The Morgan fingerprint density at radius 3 is 2.09 bits per heavy atom. The molecule has 1 atom stereocenters. The fourth-order valence-electron chi connectivity index (χ4n) is 5.10. The molecule has 34 heavy (non-hydrogen) atoms. The van der Waals surface area contributed by atoms with Crippen molar-refractivity contribution in [1.29, 1.82) is 0 Å². The molecule has 2 aromatic rings. The van der Waals surface area contributed by atoms with Gasteiger partial charge < -0.3 is 10.6 Å². The Bertz CT molecular complexity index is 1010. The van der Waals surface area contributed by atoms with Crippen LogP contribution in [0.4, 0.5) is 5.69 Å². The summed E-state index contributed by atoms with van der Waals surface area (Å²) < 4.78 is 0. The van der Waals surface area contributed by atoms with E-state index in [4.69, 9.17) is 0 Å². The molecule has 1 aliphatic heterocycles. The normalized spacial score (nSPS) is 17.6. The molecule has 1 fully saturated rings. The molecule has 0 unspecified atom stereocenters. The van der Waals surface area contributed by atoms with E-state index in [2.05, 4.69) is 45.6 Å². The van der Waals surface area contributed by atoms with Crippen LogP contribution in [0.25, 0.3) is 0 Å². The van der Waals surface area contributed by atoms with Crippen molar-refractivity contribution in [3.63, 3.8) is 0 Å². The van der Waals surface area contributed by atoms with Crippen molar-refractivity contribution >= 4 is 17.5 Å². The predicted molar refractivity (Wildman–Crippen MR) is 137 cm³/mol. The summed E-state index contributed by atoms with van der Waals surface area (Å²) in [5.74, 6) is 0.0777. The number of piperazine rings is 1. The number of para-hydroxylation sites is 1. The van der Waals surface area contributed by atoms with Gasteiger partial charge in [-0.3, -0.25) is 19.4 Å². The lowest BCUT2D eigenvalue weighted by Crippen LogP contribution is -2.51. The Hall–Kier alpha value is -2.70. The van der Waals surface area contributed by atoms with Gasteiger partial charge in [-0.2, -0.15) is 0 Å². The molecular weight excluding hydrogens is 424 g/mol. The zero-order valence-corrected chi connectivity index (χ0v) is 20.8. The van der Waals surface area contributed by atoms with Crippen molar-refractivity contribution in [2.24, 2.45) is 0 Å². The highest BCUT2D eigenvalue weighted by Crippen LogP contribution is 2.25. The lowest BCUT2D eigenvalue weighted by Gasteiger charge is -2.34. The van der Waals surface area contributed by atoms with Crippen LogP contribution in [-0.4, -0.2) is 60.9 Å². The third kappa shape index (κ3) is 6.24. The van der Waals surface area contributed by atoms with E-state index in [1.54, 1.807) is 0 Å². The Morgan fingerprint density at radius 1 is 0.853 bits per heavy atom. The standard InChI is InChI=1S/C28H38N4O2/c1-20-7-6-8-21(2)28(20)30-27(34)19-32-15-13-31(14-16-32)18-26(33)29-22(3)24-12-11-23-9-4-5-10-25(23)17-24/h6-8,11-12,17,22H,4-5,9-10,13-16,18-19H2,1-3H3,(H,29,33)(H,30,34)/t22-/m0/s1. The summed E-state index contributed by atoms with van der Waals surface area (Å²) in [5.41, 5.74) is 7.17. The fourth-order valence-corrected chi connectivity index (χ4v) is 5.10. The Labute approximate surface area is 203 Å². The van der Waals surface area contributed by atoms with Crippen molar-refractivity contribution in [3.8, 4) is 0 Å². The van der Waals surface area contributed by atoms with Gasteiger partial charge in [0.15, 0.2) is 0 Å². The third-order valence-electron chi connectivity index (χ3n) is 7.19. The molecule has 0 saturated carbocycles. The molecule has 0 bridgehead atoms. The van der Waals surface area contributed by atoms with E-state index < -0.39 is 0 Å². The number of aryl methyl sites for hydroxylation is 4. The van der Waals surface area contributed by atoms with E-state index in [1.165, 1.54) is 36.0 Å². The van der Waals surface area contributed by atoms with E-state index in [-0.39, 0.29) is 17.9 Å². The summed E-state index contributed by atoms with van der Waals surface area (Å²) in [6.45, 7) is 10.0. The number of hydrogen-bond donors (Lipinski definition) is 2. The molecule has 1 aliphatic carbocycles. The number of carbonyl (C=O) groups excluding carboxylic acids is 2. The molecule has 6 nitrogen and oxygen atoms in total. The molecule has 6 heteroatoms. The topological polar surface area (TPSA) is 64.7 Å². The minimum atomic E-state index is 0.00890. The number of rotatable bonds is 7. The Kier molecular flexibility index (Phi) is 8.01. The molecule has 2 amide bonds. The SMILES string of the molecule is Cc1cccc(C)c1NC(=O)CN1CCN(CC(=O)N[C@@H](C)c2ccc3c(c2)CCCC3)CC1. The summed E-state index contributed by atoms with van der Waals surface area (Å²) in [4.78, 5) is 29.6. The van der Waals surface area contributed by atoms with Crippen LogP contribution in [0.2, 0.25) is 0 Å². The number of benzene rings is 2. The summed E-state index contributed by atoms with van der Waals surface area (Å²) in [7, 11) is 0. The fraction of sp³-hybridized carbons (Fsp3) is 0.500. The molecule has 1 heterocycles. The summed E-state index contributed by atoms with van der Waals surface area (Å²) in [6, 6.07) is 12.7. The van der Waals surface area contributed by atoms with E-state index in [0.29, 0.717) is 13.1 Å². The zero-order valence-electron chi connectivity index (χ0n) is 20.8. The first kappa shape index (κ1) is 24.4. The van der Waals surface area contributed by atoms with Gasteiger partial charge in [-0.25, -0.2) is 0 Å². The highest BCUT2D eigenvalue weighted by molar-refractivity contribution is 5.93. The largest absolute Gasteiger partial charge is 0.348 e. The van der Waals surface area contributed by atoms with E-state index >= 15 is 0 Å². The van der Waals surface area contributed by atoms with Gasteiger partial charge in [0.25, 0.3) is 0 Å². The van der Waals surface area contributed by atoms with Gasteiger partial charge in [0, 0.05) is 31.9 Å². The van der Waals surface area contributed by atoms with Gasteiger partial charge in [-0.05, 0) is 74.3 Å². The highest BCUT2D eigenvalue weighted by atomic mass is 16.2. The number of fused-ring (bicyclic) bond motifs is 1. The van der Waals surface area contributed by atoms with Crippen LogP contribution < -0.4 is 10.6 Å². The molecule has 0 aromatic heterocycles. The van der Waals surface area contributed by atoms with Gasteiger partial charge in [0.1, 0.15) is 0 Å². The van der Waals surface area contributed by atoms with Gasteiger partial charge in [0.2, 0.25) is 11.8 Å². The molecule has 182 valence electrons. The molecule has 4 rings (SSSR count).